The smallest absolute Gasteiger partial charge is 0.193 e. The molecule has 7 rings (SSSR count). The molecule has 258 valence electrons. The maximum absolute atomic E-state index is 10.4. The van der Waals surface area contributed by atoms with Crippen LogP contribution < -0.4 is 0 Å². The van der Waals surface area contributed by atoms with Crippen LogP contribution >= 0.6 is 0 Å². The van der Waals surface area contributed by atoms with E-state index in [2.05, 4.69) is 72.8 Å². The third-order valence-electron chi connectivity index (χ3n) is 15.4. The predicted molar refractivity (Wildman–Crippen MR) is 183 cm³/mol. The summed E-state index contributed by atoms with van der Waals surface area (Å²) in [6, 6.07) is 0. The lowest BCUT2D eigenvalue weighted by Crippen LogP contribution is -2.66. The van der Waals surface area contributed by atoms with Crippen LogP contribution in [0.3, 0.4) is 0 Å². The van der Waals surface area contributed by atoms with E-state index in [4.69, 9.17) is 19.1 Å². The van der Waals surface area contributed by atoms with Crippen molar-refractivity contribution in [1.29, 1.82) is 0 Å². The lowest BCUT2D eigenvalue weighted by Gasteiger charge is -2.57. The first-order chi connectivity index (χ1) is 22.0. The molecule has 7 aliphatic rings. The zero-order chi connectivity index (χ0) is 32.4. The molecule has 5 nitrogen and oxygen atoms in total. The molecule has 0 spiro atoms. The van der Waals surface area contributed by atoms with Crippen LogP contribution in [0.1, 0.15) is 132 Å². The molecule has 9 unspecified atom stereocenters. The zero-order valence-electron chi connectivity index (χ0n) is 30.0. The van der Waals surface area contributed by atoms with Crippen LogP contribution in [0.25, 0.3) is 0 Å². The van der Waals surface area contributed by atoms with Crippen LogP contribution in [0.2, 0.25) is 0 Å². The minimum absolute atomic E-state index is 0.0821. The Morgan fingerprint density at radius 1 is 0.935 bits per heavy atom. The van der Waals surface area contributed by atoms with Gasteiger partial charge in [-0.25, -0.2) is 4.89 Å². The Balaban J connectivity index is 1.05. The Kier molecular flexibility index (Phi) is 9.27. The van der Waals surface area contributed by atoms with Gasteiger partial charge in [-0.3, -0.25) is 5.26 Å². The minimum atomic E-state index is -0.780. The van der Waals surface area contributed by atoms with Crippen molar-refractivity contribution in [3.63, 3.8) is 0 Å². The van der Waals surface area contributed by atoms with Gasteiger partial charge < -0.3 is 14.2 Å². The fraction of sp³-hybridized carbons (Fsp3) is 0.854. The number of ether oxygens (including phenoxy) is 3. The normalized spacial score (nSPS) is 49.3. The Hall–Kier alpha value is -0.980. The molecule has 46 heavy (non-hydrogen) atoms. The average Bonchev–Trinajstić information content (AvgIpc) is 3.30. The molecule has 0 aromatic carbocycles. The van der Waals surface area contributed by atoms with Crippen molar-refractivity contribution in [3.05, 3.63) is 35.5 Å². The summed E-state index contributed by atoms with van der Waals surface area (Å²) in [6.45, 7) is 16.6. The summed E-state index contributed by atoms with van der Waals surface area (Å²) < 4.78 is 20.1. The van der Waals surface area contributed by atoms with Gasteiger partial charge >= 0.3 is 0 Å². The quantitative estimate of drug-likeness (QED) is 0.171. The largest absolute Gasteiger partial charge is 0.349 e. The van der Waals surface area contributed by atoms with Gasteiger partial charge in [0.05, 0.1) is 12.2 Å². The van der Waals surface area contributed by atoms with E-state index in [1.807, 2.05) is 0 Å². The molecule has 4 saturated carbocycles. The third kappa shape index (κ3) is 5.36. The van der Waals surface area contributed by atoms with Crippen LogP contribution in [0.15, 0.2) is 35.5 Å². The van der Waals surface area contributed by atoms with Crippen molar-refractivity contribution < 1.29 is 24.4 Å². The molecule has 5 aliphatic carbocycles. The van der Waals surface area contributed by atoms with E-state index in [0.29, 0.717) is 23.2 Å². The molecule has 2 heterocycles. The summed E-state index contributed by atoms with van der Waals surface area (Å²) in [7, 11) is 0. The molecule has 2 saturated heterocycles. The summed E-state index contributed by atoms with van der Waals surface area (Å²) in [5, 5.41) is 10.4. The van der Waals surface area contributed by atoms with Gasteiger partial charge in [0.25, 0.3) is 0 Å². The number of hydrogen-bond donors (Lipinski definition) is 1. The van der Waals surface area contributed by atoms with Crippen molar-refractivity contribution in [2.75, 3.05) is 0 Å². The summed E-state index contributed by atoms with van der Waals surface area (Å²) in [4.78, 5) is 5.48. The molecule has 0 radical (unpaired) electrons. The van der Waals surface area contributed by atoms with E-state index in [1.54, 1.807) is 11.1 Å². The van der Waals surface area contributed by atoms with Gasteiger partial charge in [-0.05, 0) is 130 Å². The van der Waals surface area contributed by atoms with Crippen LogP contribution in [0, 0.1) is 58.2 Å². The molecule has 0 amide bonds. The number of rotatable bonds is 7. The highest BCUT2D eigenvalue weighted by atomic mass is 17.1. The average molecular weight is 637 g/mol. The fourth-order valence-corrected chi connectivity index (χ4v) is 11.9. The van der Waals surface area contributed by atoms with Crippen LogP contribution in [0.5, 0.6) is 0 Å². The van der Waals surface area contributed by atoms with Crippen molar-refractivity contribution in [2.24, 2.45) is 58.2 Å². The summed E-state index contributed by atoms with van der Waals surface area (Å²) >= 11 is 0. The molecule has 0 bridgehead atoms. The van der Waals surface area contributed by atoms with E-state index < -0.39 is 11.9 Å². The molecule has 0 aromatic rings. The van der Waals surface area contributed by atoms with Gasteiger partial charge in [0, 0.05) is 11.8 Å². The Bertz CT molecular complexity index is 1210. The molecule has 5 heteroatoms. The van der Waals surface area contributed by atoms with E-state index in [0.717, 1.165) is 56.8 Å². The minimum Gasteiger partial charge on any atom is -0.349 e. The molecular formula is C41H64O5. The van der Waals surface area contributed by atoms with Gasteiger partial charge in [-0.15, -0.1) is 0 Å². The maximum atomic E-state index is 10.4. The first kappa shape index (κ1) is 33.5. The monoisotopic (exact) mass is 636 g/mol. The Labute approximate surface area is 279 Å². The molecular weight excluding hydrogens is 572 g/mol. The van der Waals surface area contributed by atoms with Gasteiger partial charge in [0.2, 0.25) is 0 Å². The Morgan fingerprint density at radius 3 is 2.54 bits per heavy atom. The zero-order valence-corrected chi connectivity index (χ0v) is 30.0. The topological polar surface area (TPSA) is 57.2 Å². The summed E-state index contributed by atoms with van der Waals surface area (Å²) in [5.74, 6) is 4.16. The highest BCUT2D eigenvalue weighted by molar-refractivity contribution is 5.39. The van der Waals surface area contributed by atoms with Crippen LogP contribution in [-0.4, -0.2) is 35.6 Å². The fourth-order valence-electron chi connectivity index (χ4n) is 11.9. The lowest BCUT2D eigenvalue weighted by atomic mass is 9.50. The second-order valence-electron chi connectivity index (χ2n) is 17.9. The molecule has 14 atom stereocenters. The summed E-state index contributed by atoms with van der Waals surface area (Å²) in [6.07, 6.45) is 24.6. The van der Waals surface area contributed by atoms with Gasteiger partial charge in [0.1, 0.15) is 0 Å². The van der Waals surface area contributed by atoms with Crippen molar-refractivity contribution >= 4 is 0 Å². The Morgan fingerprint density at radius 2 is 1.76 bits per heavy atom. The number of fused-ring (bicyclic) bond motifs is 5. The number of hydrogen-bond acceptors (Lipinski definition) is 5. The highest BCUT2D eigenvalue weighted by Gasteiger charge is 2.64. The predicted octanol–water partition coefficient (Wildman–Crippen LogP) is 10.3. The molecule has 2 aliphatic heterocycles. The second-order valence-corrected chi connectivity index (χ2v) is 17.9. The van der Waals surface area contributed by atoms with Gasteiger partial charge in [0.15, 0.2) is 18.2 Å². The summed E-state index contributed by atoms with van der Waals surface area (Å²) in [5.41, 5.74) is 3.27. The SMILES string of the molecule is CC1CCC2CCCC3[C@@H](C)C(OC4CC[C@@]5(C)C(=CC=C6C5CC[C@@]5(C)C6CC[C@@H]5C/C=C/[C@H](C)C(C)C)C4)OC(O1)C23OO. The first-order valence-corrected chi connectivity index (χ1v) is 19.4. The number of allylic oxidation sites excluding steroid dienone is 5. The van der Waals surface area contributed by atoms with Crippen molar-refractivity contribution in [2.45, 2.75) is 162 Å². The van der Waals surface area contributed by atoms with E-state index in [1.165, 1.54) is 38.5 Å². The van der Waals surface area contributed by atoms with Crippen LogP contribution in [0.4, 0.5) is 0 Å². The van der Waals surface area contributed by atoms with E-state index >= 15 is 0 Å². The van der Waals surface area contributed by atoms with Crippen LogP contribution in [-0.2, 0) is 19.1 Å². The lowest BCUT2D eigenvalue weighted by molar-refractivity contribution is -0.459. The van der Waals surface area contributed by atoms with Gasteiger partial charge in [-0.1, -0.05) is 83.4 Å². The highest BCUT2D eigenvalue weighted by Crippen LogP contribution is 2.66. The van der Waals surface area contributed by atoms with Crippen molar-refractivity contribution in [3.8, 4) is 0 Å². The standard InChI is InChI=1S/C41H64O5/c1-25(2)26(3)10-8-11-29-17-19-35-33-18-16-31-24-32(20-22-40(31,7)36(33)21-23-39(29,35)6)44-37-28(5)34-13-9-12-30-15-14-27(4)43-38(45-37)41(30,34)46-42/h8,10,16,18,25-30,32,34-38,42H,9,11-15,17,19-24H2,1-7H3/b10-8+/t26-,27?,28+,29-,30?,32?,34?,35?,36?,37?,38?,39+,40-,41?/m0/s1. The second kappa shape index (κ2) is 12.7. The van der Waals surface area contributed by atoms with Crippen molar-refractivity contribution in [1.82, 2.24) is 0 Å². The molecule has 6 fully saturated rings. The molecule has 0 aromatic heterocycles. The molecule has 1 N–H and O–H groups in total. The third-order valence-corrected chi connectivity index (χ3v) is 15.4. The van der Waals surface area contributed by atoms with E-state index in [-0.39, 0.29) is 41.7 Å². The maximum Gasteiger partial charge on any atom is 0.193 e. The van der Waals surface area contributed by atoms with E-state index in [9.17, 15) is 5.26 Å². The first-order valence-electron chi connectivity index (χ1n) is 19.4. The van der Waals surface area contributed by atoms with Gasteiger partial charge in [-0.2, -0.15) is 0 Å².